The fourth-order valence-corrected chi connectivity index (χ4v) is 2.16. The Morgan fingerprint density at radius 1 is 1.38 bits per heavy atom. The molecule has 1 N–H and O–H groups in total. The molecule has 1 fully saturated rings. The molecule has 0 saturated heterocycles. The van der Waals surface area contributed by atoms with E-state index >= 15 is 0 Å². The van der Waals surface area contributed by atoms with Crippen LogP contribution in [0.3, 0.4) is 0 Å². The summed E-state index contributed by atoms with van der Waals surface area (Å²) < 4.78 is 10.5. The topological polar surface area (TPSA) is 59.4 Å². The van der Waals surface area contributed by atoms with Gasteiger partial charge in [-0.3, -0.25) is 0 Å². The molecule has 16 heavy (non-hydrogen) atoms. The van der Waals surface area contributed by atoms with Gasteiger partial charge in [0.1, 0.15) is 0 Å². The van der Waals surface area contributed by atoms with Gasteiger partial charge < -0.3 is 14.0 Å². The molecule has 2 aromatic heterocycles. The Balaban J connectivity index is 1.93. The quantitative estimate of drug-likeness (QED) is 0.860. The van der Waals surface area contributed by atoms with Crippen LogP contribution >= 0.6 is 0 Å². The maximum Gasteiger partial charge on any atom is 0.202 e. The number of aliphatic hydroxyl groups excluding tert-OH is 1. The lowest BCUT2D eigenvalue weighted by atomic mass is 9.67. The van der Waals surface area contributed by atoms with Gasteiger partial charge in [0.15, 0.2) is 5.76 Å². The van der Waals surface area contributed by atoms with E-state index in [0.717, 1.165) is 25.0 Å². The van der Waals surface area contributed by atoms with Crippen molar-refractivity contribution in [3.8, 4) is 11.5 Å². The second-order valence-electron chi connectivity index (χ2n) is 4.35. The molecule has 0 aliphatic heterocycles. The number of furan rings is 1. The van der Waals surface area contributed by atoms with Gasteiger partial charge in [0.05, 0.1) is 18.6 Å². The first-order valence-electron chi connectivity index (χ1n) is 5.46. The van der Waals surface area contributed by atoms with E-state index in [-0.39, 0.29) is 12.0 Å². The van der Waals surface area contributed by atoms with Crippen LogP contribution < -0.4 is 0 Å². The van der Waals surface area contributed by atoms with Gasteiger partial charge in [0.2, 0.25) is 5.76 Å². The number of hydrogen-bond acceptors (Lipinski definition) is 4. The molecule has 0 radical (unpaired) electrons. The summed E-state index contributed by atoms with van der Waals surface area (Å²) in [6.45, 7) is 0.136. The number of nitrogens with zero attached hydrogens (tertiary/aromatic N) is 1. The molecular weight excluding hydrogens is 206 g/mol. The highest BCUT2D eigenvalue weighted by Crippen LogP contribution is 2.43. The normalized spacial score (nSPS) is 18.3. The Kier molecular flexibility index (Phi) is 2.11. The van der Waals surface area contributed by atoms with Crippen LogP contribution in [-0.4, -0.2) is 16.9 Å². The maximum atomic E-state index is 9.42. The Hall–Kier alpha value is -1.55. The Labute approximate surface area is 92.9 Å². The summed E-state index contributed by atoms with van der Waals surface area (Å²) in [5.41, 5.74) is 0.668. The highest BCUT2D eigenvalue weighted by molar-refractivity contribution is 5.50. The van der Waals surface area contributed by atoms with Crippen molar-refractivity contribution in [2.75, 3.05) is 6.61 Å². The summed E-state index contributed by atoms with van der Waals surface area (Å²) in [6.07, 6.45) is 4.70. The maximum absolute atomic E-state index is 9.42. The van der Waals surface area contributed by atoms with Gasteiger partial charge in [-0.05, 0) is 25.0 Å². The third-order valence-corrected chi connectivity index (χ3v) is 3.43. The van der Waals surface area contributed by atoms with Crippen molar-refractivity contribution >= 4 is 0 Å². The van der Waals surface area contributed by atoms with Gasteiger partial charge in [-0.2, -0.15) is 0 Å². The SMILES string of the molecule is OCC1(c2cc(-c3ccco3)on2)CCC1. The van der Waals surface area contributed by atoms with E-state index in [4.69, 9.17) is 8.94 Å². The number of aromatic nitrogens is 1. The second-order valence-corrected chi connectivity index (χ2v) is 4.35. The standard InChI is InChI=1S/C12H13NO3/c14-8-12(4-2-5-12)11-7-10(16-13-11)9-3-1-6-15-9/h1,3,6-7,14H,2,4-5,8H2. The summed E-state index contributed by atoms with van der Waals surface area (Å²) in [4.78, 5) is 0. The zero-order valence-electron chi connectivity index (χ0n) is 8.85. The molecule has 0 aromatic carbocycles. The van der Waals surface area contributed by atoms with E-state index < -0.39 is 0 Å². The summed E-state index contributed by atoms with van der Waals surface area (Å²) >= 11 is 0. The highest BCUT2D eigenvalue weighted by Gasteiger charge is 2.41. The van der Waals surface area contributed by atoms with E-state index in [2.05, 4.69) is 5.16 Å². The minimum atomic E-state index is -0.172. The molecule has 0 atom stereocenters. The molecule has 0 amide bonds. The molecule has 1 saturated carbocycles. The van der Waals surface area contributed by atoms with Crippen LogP contribution in [0.25, 0.3) is 11.5 Å². The van der Waals surface area contributed by atoms with E-state index in [9.17, 15) is 5.11 Å². The fourth-order valence-electron chi connectivity index (χ4n) is 2.16. The van der Waals surface area contributed by atoms with Gasteiger partial charge in [-0.15, -0.1) is 0 Å². The number of aliphatic hydroxyl groups is 1. The minimum absolute atomic E-state index is 0.136. The van der Waals surface area contributed by atoms with Crippen LogP contribution in [-0.2, 0) is 5.41 Å². The molecule has 4 nitrogen and oxygen atoms in total. The summed E-state index contributed by atoms with van der Waals surface area (Å²) in [5.74, 6) is 1.30. The van der Waals surface area contributed by atoms with Crippen molar-refractivity contribution in [2.45, 2.75) is 24.7 Å². The Morgan fingerprint density at radius 2 is 2.25 bits per heavy atom. The highest BCUT2D eigenvalue weighted by atomic mass is 16.5. The third-order valence-electron chi connectivity index (χ3n) is 3.43. The first-order chi connectivity index (χ1) is 7.84. The van der Waals surface area contributed by atoms with Crippen LogP contribution in [0.4, 0.5) is 0 Å². The molecule has 1 aliphatic rings. The van der Waals surface area contributed by atoms with E-state index in [1.165, 1.54) is 0 Å². The third kappa shape index (κ3) is 1.30. The summed E-state index contributed by atoms with van der Waals surface area (Å²) in [5, 5.41) is 13.5. The molecule has 0 spiro atoms. The van der Waals surface area contributed by atoms with Gasteiger partial charge in [0, 0.05) is 11.5 Å². The lowest BCUT2D eigenvalue weighted by Crippen LogP contribution is -2.38. The molecule has 4 heteroatoms. The van der Waals surface area contributed by atoms with Crippen LogP contribution in [0, 0.1) is 0 Å². The van der Waals surface area contributed by atoms with Gasteiger partial charge >= 0.3 is 0 Å². The van der Waals surface area contributed by atoms with E-state index in [1.807, 2.05) is 18.2 Å². The fraction of sp³-hybridized carbons (Fsp3) is 0.417. The van der Waals surface area contributed by atoms with Crippen molar-refractivity contribution < 1.29 is 14.0 Å². The largest absolute Gasteiger partial charge is 0.461 e. The molecule has 2 aromatic rings. The Bertz CT molecular complexity index is 463. The number of rotatable bonds is 3. The summed E-state index contributed by atoms with van der Waals surface area (Å²) in [6, 6.07) is 5.51. The zero-order valence-corrected chi connectivity index (χ0v) is 8.85. The minimum Gasteiger partial charge on any atom is -0.461 e. The van der Waals surface area contributed by atoms with Crippen molar-refractivity contribution in [1.82, 2.24) is 5.16 Å². The monoisotopic (exact) mass is 219 g/mol. The summed E-state index contributed by atoms with van der Waals surface area (Å²) in [7, 11) is 0. The first kappa shape index (κ1) is 9.66. The van der Waals surface area contributed by atoms with Crippen molar-refractivity contribution in [1.29, 1.82) is 0 Å². The van der Waals surface area contributed by atoms with Crippen LogP contribution in [0.5, 0.6) is 0 Å². The predicted molar refractivity (Wildman–Crippen MR) is 56.8 cm³/mol. The van der Waals surface area contributed by atoms with Crippen LogP contribution in [0.1, 0.15) is 25.0 Å². The second kappa shape index (κ2) is 3.49. The van der Waals surface area contributed by atoms with E-state index in [1.54, 1.807) is 6.26 Å². The predicted octanol–water partition coefficient (Wildman–Crippen LogP) is 2.35. The smallest absolute Gasteiger partial charge is 0.202 e. The lowest BCUT2D eigenvalue weighted by Gasteiger charge is -2.38. The molecule has 0 unspecified atom stereocenters. The van der Waals surface area contributed by atoms with Gasteiger partial charge in [-0.25, -0.2) is 0 Å². The average molecular weight is 219 g/mol. The molecule has 3 rings (SSSR count). The number of hydrogen-bond donors (Lipinski definition) is 1. The van der Waals surface area contributed by atoms with Gasteiger partial charge in [-0.1, -0.05) is 11.6 Å². The molecule has 84 valence electrons. The Morgan fingerprint density at radius 3 is 2.81 bits per heavy atom. The van der Waals surface area contributed by atoms with Crippen molar-refractivity contribution in [3.63, 3.8) is 0 Å². The first-order valence-corrected chi connectivity index (χ1v) is 5.46. The molecule has 1 aliphatic carbocycles. The molecular formula is C12H13NO3. The average Bonchev–Trinajstić information content (AvgIpc) is 2.86. The lowest BCUT2D eigenvalue weighted by molar-refractivity contribution is 0.112. The van der Waals surface area contributed by atoms with Crippen molar-refractivity contribution in [2.24, 2.45) is 0 Å². The van der Waals surface area contributed by atoms with E-state index in [0.29, 0.717) is 11.5 Å². The molecule has 2 heterocycles. The van der Waals surface area contributed by atoms with Crippen LogP contribution in [0.2, 0.25) is 0 Å². The van der Waals surface area contributed by atoms with Gasteiger partial charge in [0.25, 0.3) is 0 Å². The molecule has 0 bridgehead atoms. The van der Waals surface area contributed by atoms with Crippen LogP contribution in [0.15, 0.2) is 33.4 Å². The van der Waals surface area contributed by atoms with Crippen molar-refractivity contribution in [3.05, 3.63) is 30.2 Å². The zero-order chi connectivity index (χ0) is 11.0.